The molecule has 2 fully saturated rings. The SMILES string of the molecule is O=C(c1cnc(N2CCOCC2)nc1)N1CCN(c2ccccn2)CC1. The molecule has 0 atom stereocenters. The number of anilines is 2. The molecule has 0 unspecified atom stereocenters. The molecule has 4 heterocycles. The molecule has 0 saturated carbocycles. The van der Waals surface area contributed by atoms with E-state index in [0.29, 0.717) is 37.8 Å². The van der Waals surface area contributed by atoms with E-state index in [1.54, 1.807) is 18.6 Å². The summed E-state index contributed by atoms with van der Waals surface area (Å²) >= 11 is 0. The van der Waals surface area contributed by atoms with Crippen molar-refractivity contribution in [1.29, 1.82) is 0 Å². The second kappa shape index (κ2) is 7.65. The zero-order valence-electron chi connectivity index (χ0n) is 14.6. The van der Waals surface area contributed by atoms with Crippen molar-refractivity contribution in [3.8, 4) is 0 Å². The van der Waals surface area contributed by atoms with Crippen molar-refractivity contribution in [2.24, 2.45) is 0 Å². The molecule has 4 rings (SSSR count). The highest BCUT2D eigenvalue weighted by atomic mass is 16.5. The van der Waals surface area contributed by atoms with Crippen molar-refractivity contribution in [3.63, 3.8) is 0 Å². The van der Waals surface area contributed by atoms with Crippen molar-refractivity contribution in [1.82, 2.24) is 19.9 Å². The average molecular weight is 354 g/mol. The molecule has 0 aromatic carbocycles. The van der Waals surface area contributed by atoms with E-state index >= 15 is 0 Å². The predicted octanol–water partition coefficient (Wildman–Crippen LogP) is 0.671. The Labute approximate surface area is 152 Å². The summed E-state index contributed by atoms with van der Waals surface area (Å²) in [6, 6.07) is 5.88. The molecule has 1 amide bonds. The molecule has 2 aliphatic rings. The third-order valence-corrected chi connectivity index (χ3v) is 4.72. The lowest BCUT2D eigenvalue weighted by Crippen LogP contribution is -2.49. The first-order chi connectivity index (χ1) is 12.8. The molecule has 2 aromatic rings. The second-order valence-corrected chi connectivity index (χ2v) is 6.34. The summed E-state index contributed by atoms with van der Waals surface area (Å²) in [5.41, 5.74) is 0.535. The van der Waals surface area contributed by atoms with Crippen LogP contribution in [0.4, 0.5) is 11.8 Å². The molecule has 136 valence electrons. The Kier molecular flexibility index (Phi) is 4.92. The van der Waals surface area contributed by atoms with Gasteiger partial charge in [-0.25, -0.2) is 15.0 Å². The van der Waals surface area contributed by atoms with Gasteiger partial charge in [0.05, 0.1) is 18.8 Å². The lowest BCUT2D eigenvalue weighted by molar-refractivity contribution is 0.0745. The molecular weight excluding hydrogens is 332 g/mol. The fourth-order valence-corrected chi connectivity index (χ4v) is 3.22. The highest BCUT2D eigenvalue weighted by Crippen LogP contribution is 2.15. The van der Waals surface area contributed by atoms with Crippen LogP contribution in [0.2, 0.25) is 0 Å². The first-order valence-corrected chi connectivity index (χ1v) is 8.91. The summed E-state index contributed by atoms with van der Waals surface area (Å²) in [6.45, 7) is 5.81. The quantitative estimate of drug-likeness (QED) is 0.802. The van der Waals surface area contributed by atoms with Gasteiger partial charge < -0.3 is 19.4 Å². The fourth-order valence-electron chi connectivity index (χ4n) is 3.22. The number of ether oxygens (including phenoxy) is 1. The molecule has 0 aliphatic carbocycles. The van der Waals surface area contributed by atoms with Crippen molar-refractivity contribution < 1.29 is 9.53 Å². The smallest absolute Gasteiger partial charge is 0.257 e. The minimum Gasteiger partial charge on any atom is -0.378 e. The van der Waals surface area contributed by atoms with Crippen LogP contribution in [0.1, 0.15) is 10.4 Å². The Morgan fingerprint density at radius 3 is 2.27 bits per heavy atom. The summed E-state index contributed by atoms with van der Waals surface area (Å²) < 4.78 is 5.34. The third kappa shape index (κ3) is 3.60. The number of carbonyl (C=O) groups excluding carboxylic acids is 1. The van der Waals surface area contributed by atoms with Gasteiger partial charge in [0.1, 0.15) is 5.82 Å². The van der Waals surface area contributed by atoms with Gasteiger partial charge in [0.25, 0.3) is 5.91 Å². The normalized spacial score (nSPS) is 18.1. The lowest BCUT2D eigenvalue weighted by Gasteiger charge is -2.35. The highest BCUT2D eigenvalue weighted by molar-refractivity contribution is 5.93. The van der Waals surface area contributed by atoms with Crippen LogP contribution in [-0.2, 0) is 4.74 Å². The number of hydrogen-bond donors (Lipinski definition) is 0. The molecule has 8 heteroatoms. The van der Waals surface area contributed by atoms with Crippen LogP contribution in [0, 0.1) is 0 Å². The number of amides is 1. The number of pyridine rings is 1. The zero-order valence-corrected chi connectivity index (χ0v) is 14.6. The lowest BCUT2D eigenvalue weighted by atomic mass is 10.2. The van der Waals surface area contributed by atoms with Crippen LogP contribution in [0.3, 0.4) is 0 Å². The van der Waals surface area contributed by atoms with Gasteiger partial charge >= 0.3 is 0 Å². The molecule has 26 heavy (non-hydrogen) atoms. The summed E-state index contributed by atoms with van der Waals surface area (Å²) in [5.74, 6) is 1.60. The summed E-state index contributed by atoms with van der Waals surface area (Å²) in [4.78, 5) is 31.9. The summed E-state index contributed by atoms with van der Waals surface area (Å²) in [6.07, 6.45) is 5.05. The number of carbonyl (C=O) groups is 1. The zero-order chi connectivity index (χ0) is 17.8. The monoisotopic (exact) mass is 354 g/mol. The van der Waals surface area contributed by atoms with E-state index in [0.717, 1.165) is 32.0 Å². The molecule has 0 radical (unpaired) electrons. The fraction of sp³-hybridized carbons (Fsp3) is 0.444. The molecule has 0 bridgehead atoms. The van der Waals surface area contributed by atoms with Crippen LogP contribution >= 0.6 is 0 Å². The van der Waals surface area contributed by atoms with E-state index in [1.165, 1.54) is 0 Å². The Hall–Kier alpha value is -2.74. The second-order valence-electron chi connectivity index (χ2n) is 6.34. The molecule has 2 aliphatic heterocycles. The van der Waals surface area contributed by atoms with Crippen LogP contribution in [0.5, 0.6) is 0 Å². The first kappa shape index (κ1) is 16.7. The van der Waals surface area contributed by atoms with Gasteiger partial charge in [-0.3, -0.25) is 4.79 Å². The number of hydrogen-bond acceptors (Lipinski definition) is 7. The van der Waals surface area contributed by atoms with Gasteiger partial charge in [-0.1, -0.05) is 6.07 Å². The van der Waals surface area contributed by atoms with E-state index in [1.807, 2.05) is 23.1 Å². The van der Waals surface area contributed by atoms with Crippen molar-refractivity contribution in [2.75, 3.05) is 62.3 Å². The Bertz CT molecular complexity index is 725. The maximum Gasteiger partial charge on any atom is 0.257 e. The number of aromatic nitrogens is 3. The average Bonchev–Trinajstić information content (AvgIpc) is 2.75. The number of morpholine rings is 1. The van der Waals surface area contributed by atoms with Crippen LogP contribution < -0.4 is 9.80 Å². The van der Waals surface area contributed by atoms with Gasteiger partial charge in [-0.15, -0.1) is 0 Å². The molecule has 8 nitrogen and oxygen atoms in total. The van der Waals surface area contributed by atoms with Crippen molar-refractivity contribution in [2.45, 2.75) is 0 Å². The number of nitrogens with zero attached hydrogens (tertiary/aromatic N) is 6. The minimum atomic E-state index is -0.0146. The molecular formula is C18H22N6O2. The minimum absolute atomic E-state index is 0.0146. The highest BCUT2D eigenvalue weighted by Gasteiger charge is 2.23. The number of rotatable bonds is 3. The van der Waals surface area contributed by atoms with E-state index in [-0.39, 0.29) is 5.91 Å². The van der Waals surface area contributed by atoms with Crippen LogP contribution in [0.25, 0.3) is 0 Å². The van der Waals surface area contributed by atoms with Crippen molar-refractivity contribution in [3.05, 3.63) is 42.4 Å². The maximum atomic E-state index is 12.7. The summed E-state index contributed by atoms with van der Waals surface area (Å²) in [5, 5.41) is 0. The first-order valence-electron chi connectivity index (χ1n) is 8.91. The van der Waals surface area contributed by atoms with Gasteiger partial charge in [0.15, 0.2) is 0 Å². The van der Waals surface area contributed by atoms with Crippen LogP contribution in [-0.4, -0.2) is 78.2 Å². The Morgan fingerprint density at radius 1 is 0.885 bits per heavy atom. The Balaban J connectivity index is 1.36. The van der Waals surface area contributed by atoms with E-state index in [4.69, 9.17) is 4.74 Å². The van der Waals surface area contributed by atoms with E-state index < -0.39 is 0 Å². The van der Waals surface area contributed by atoms with Crippen LogP contribution in [0.15, 0.2) is 36.8 Å². The van der Waals surface area contributed by atoms with Gasteiger partial charge in [0, 0.05) is 57.9 Å². The molecule has 2 aromatic heterocycles. The predicted molar refractivity (Wildman–Crippen MR) is 97.4 cm³/mol. The number of piperazine rings is 1. The van der Waals surface area contributed by atoms with E-state index in [2.05, 4.69) is 24.8 Å². The standard InChI is InChI=1S/C18H22N6O2/c25-17(15-13-20-18(21-14-15)24-9-11-26-12-10-24)23-7-5-22(6-8-23)16-3-1-2-4-19-16/h1-4,13-14H,5-12H2. The third-order valence-electron chi connectivity index (χ3n) is 4.72. The molecule has 0 N–H and O–H groups in total. The maximum absolute atomic E-state index is 12.7. The van der Waals surface area contributed by atoms with Gasteiger partial charge in [0.2, 0.25) is 5.95 Å². The van der Waals surface area contributed by atoms with Gasteiger partial charge in [-0.05, 0) is 12.1 Å². The topological polar surface area (TPSA) is 74.7 Å². The Morgan fingerprint density at radius 2 is 1.62 bits per heavy atom. The molecule has 0 spiro atoms. The molecule has 2 saturated heterocycles. The van der Waals surface area contributed by atoms with Gasteiger partial charge in [-0.2, -0.15) is 0 Å². The summed E-state index contributed by atoms with van der Waals surface area (Å²) in [7, 11) is 0. The largest absolute Gasteiger partial charge is 0.378 e. The van der Waals surface area contributed by atoms with Crippen molar-refractivity contribution >= 4 is 17.7 Å². The van der Waals surface area contributed by atoms with E-state index in [9.17, 15) is 4.79 Å².